The Morgan fingerprint density at radius 3 is 2.55 bits per heavy atom. The molecule has 0 atom stereocenters. The number of amides is 1. The molecule has 0 fully saturated rings. The fourth-order valence-corrected chi connectivity index (χ4v) is 4.17. The van der Waals surface area contributed by atoms with Gasteiger partial charge in [-0.25, -0.2) is 9.97 Å². The summed E-state index contributed by atoms with van der Waals surface area (Å²) < 4.78 is 5.32. The monoisotopic (exact) mass is 501 g/mol. The van der Waals surface area contributed by atoms with Crippen LogP contribution in [0.25, 0.3) is 11.3 Å². The molecule has 4 rings (SSSR count). The van der Waals surface area contributed by atoms with E-state index in [1.807, 2.05) is 16.8 Å². The Kier molecular flexibility index (Phi) is 6.69. The summed E-state index contributed by atoms with van der Waals surface area (Å²) in [4.78, 5) is 23.1. The Morgan fingerprint density at radius 1 is 1.12 bits per heavy atom. The fourth-order valence-electron chi connectivity index (χ4n) is 3.22. The summed E-state index contributed by atoms with van der Waals surface area (Å²) >= 11 is 13.5. The molecule has 7 nitrogen and oxygen atoms in total. The highest BCUT2D eigenvalue weighted by Gasteiger charge is 2.23. The second-order valence-corrected chi connectivity index (χ2v) is 8.47. The molecular weight excluding hydrogens is 485 g/mol. The number of carbonyl (C=O) groups is 1. The predicted octanol–water partition coefficient (Wildman–Crippen LogP) is 5.78. The number of methoxy groups -OCH3 is 1. The van der Waals surface area contributed by atoms with Crippen molar-refractivity contribution in [1.29, 1.82) is 0 Å². The van der Waals surface area contributed by atoms with Crippen molar-refractivity contribution in [3.8, 4) is 28.5 Å². The molecule has 1 amide bonds. The van der Waals surface area contributed by atoms with Crippen molar-refractivity contribution in [3.05, 3.63) is 80.9 Å². The second-order valence-electron chi connectivity index (χ2n) is 6.95. The van der Waals surface area contributed by atoms with Gasteiger partial charge in [0.05, 0.1) is 30.4 Å². The first kappa shape index (κ1) is 22.8. The molecule has 33 heavy (non-hydrogen) atoms. The van der Waals surface area contributed by atoms with Crippen molar-refractivity contribution in [2.45, 2.75) is 6.54 Å². The van der Waals surface area contributed by atoms with Crippen LogP contribution in [0.4, 0.5) is 5.69 Å². The Labute approximate surface area is 203 Å². The molecule has 0 aliphatic carbocycles. The van der Waals surface area contributed by atoms with Crippen LogP contribution in [0.3, 0.4) is 0 Å². The first-order chi connectivity index (χ1) is 15.9. The molecule has 0 saturated heterocycles. The van der Waals surface area contributed by atoms with Gasteiger partial charge in [0.25, 0.3) is 5.91 Å². The lowest BCUT2D eigenvalue weighted by Gasteiger charge is -2.23. The van der Waals surface area contributed by atoms with Crippen LogP contribution in [0.5, 0.6) is 17.2 Å². The van der Waals surface area contributed by atoms with Crippen molar-refractivity contribution in [2.75, 3.05) is 12.0 Å². The molecule has 0 aliphatic rings. The van der Waals surface area contributed by atoms with E-state index in [0.29, 0.717) is 17.1 Å². The van der Waals surface area contributed by atoms with Gasteiger partial charge in [-0.05, 0) is 52.2 Å². The number of ether oxygens (including phenoxy) is 1. The van der Waals surface area contributed by atoms with E-state index in [-0.39, 0.29) is 33.9 Å². The highest BCUT2D eigenvalue weighted by atomic mass is 35.5. The normalized spacial score (nSPS) is 10.8. The first-order valence-electron chi connectivity index (χ1n) is 9.58. The van der Waals surface area contributed by atoms with Crippen LogP contribution in [0, 0.1) is 0 Å². The summed E-state index contributed by atoms with van der Waals surface area (Å²) in [6.07, 6.45) is 1.49. The summed E-state index contributed by atoms with van der Waals surface area (Å²) in [6, 6.07) is 11.3. The van der Waals surface area contributed by atoms with Gasteiger partial charge in [0.1, 0.15) is 17.2 Å². The van der Waals surface area contributed by atoms with Crippen LogP contribution >= 0.6 is 34.5 Å². The van der Waals surface area contributed by atoms with Crippen molar-refractivity contribution in [2.24, 2.45) is 0 Å². The SMILES string of the molecule is COc1cnc(Cl)nc1-c1ccc(N(Cc2ccsc2)C(=O)c2cc(Cl)c(O)cc2O)cc1. The molecule has 168 valence electrons. The third-order valence-corrected chi connectivity index (χ3v) is 6.08. The summed E-state index contributed by atoms with van der Waals surface area (Å²) in [5.74, 6) is -0.691. The van der Waals surface area contributed by atoms with Crippen LogP contribution in [0.15, 0.2) is 59.4 Å². The van der Waals surface area contributed by atoms with Gasteiger partial charge in [0, 0.05) is 17.3 Å². The Morgan fingerprint density at radius 2 is 1.88 bits per heavy atom. The van der Waals surface area contributed by atoms with Gasteiger partial charge in [-0.1, -0.05) is 23.7 Å². The summed E-state index contributed by atoms with van der Waals surface area (Å²) in [7, 11) is 1.51. The van der Waals surface area contributed by atoms with Gasteiger partial charge in [0.2, 0.25) is 5.28 Å². The number of carbonyl (C=O) groups excluding carboxylic acids is 1. The third kappa shape index (κ3) is 4.88. The number of aromatic nitrogens is 2. The van der Waals surface area contributed by atoms with Crippen LogP contribution in [-0.4, -0.2) is 33.2 Å². The number of rotatable bonds is 6. The van der Waals surface area contributed by atoms with Gasteiger partial charge in [-0.2, -0.15) is 11.3 Å². The number of benzene rings is 2. The molecule has 2 aromatic heterocycles. The van der Waals surface area contributed by atoms with E-state index in [9.17, 15) is 15.0 Å². The quantitative estimate of drug-likeness (QED) is 0.325. The molecule has 2 heterocycles. The maximum absolute atomic E-state index is 13.4. The van der Waals surface area contributed by atoms with E-state index < -0.39 is 5.91 Å². The van der Waals surface area contributed by atoms with Crippen molar-refractivity contribution in [1.82, 2.24) is 9.97 Å². The molecule has 0 spiro atoms. The van der Waals surface area contributed by atoms with Gasteiger partial charge >= 0.3 is 0 Å². The summed E-state index contributed by atoms with van der Waals surface area (Å²) in [5.41, 5.74) is 2.71. The largest absolute Gasteiger partial charge is 0.507 e. The maximum atomic E-state index is 13.4. The molecule has 10 heteroatoms. The Hall–Kier alpha value is -3.33. The standard InChI is InChI=1S/C23H17Cl2N3O4S/c1-32-20-10-26-23(25)27-21(20)14-2-4-15(5-3-14)28(11-13-6-7-33-12-13)22(31)16-8-17(24)19(30)9-18(16)29/h2-10,12,29-30H,11H2,1H3. The van der Waals surface area contributed by atoms with Gasteiger partial charge < -0.3 is 19.8 Å². The number of phenols is 2. The number of halogens is 2. The highest BCUT2D eigenvalue weighted by Crippen LogP contribution is 2.34. The number of anilines is 1. The molecule has 0 aliphatic heterocycles. The smallest absolute Gasteiger partial charge is 0.262 e. The minimum atomic E-state index is -0.476. The van der Waals surface area contributed by atoms with Crippen LogP contribution in [-0.2, 0) is 6.54 Å². The molecular formula is C23H17Cl2N3O4S. The van der Waals surface area contributed by atoms with Crippen molar-refractivity contribution >= 4 is 46.1 Å². The summed E-state index contributed by atoms with van der Waals surface area (Å²) in [5, 5.41) is 23.9. The molecule has 4 aromatic rings. The summed E-state index contributed by atoms with van der Waals surface area (Å²) in [6.45, 7) is 0.266. The van der Waals surface area contributed by atoms with E-state index >= 15 is 0 Å². The van der Waals surface area contributed by atoms with Gasteiger partial charge in [-0.3, -0.25) is 4.79 Å². The number of hydrogen-bond acceptors (Lipinski definition) is 7. The average molecular weight is 502 g/mol. The average Bonchev–Trinajstić information content (AvgIpc) is 3.33. The van der Waals surface area contributed by atoms with Crippen molar-refractivity contribution < 1.29 is 19.7 Å². The van der Waals surface area contributed by atoms with E-state index in [1.165, 1.54) is 35.6 Å². The van der Waals surface area contributed by atoms with E-state index in [0.717, 1.165) is 17.2 Å². The fraction of sp³-hybridized carbons (Fsp3) is 0.0870. The minimum absolute atomic E-state index is 0.0265. The van der Waals surface area contributed by atoms with Gasteiger partial charge in [0.15, 0.2) is 5.75 Å². The zero-order valence-corrected chi connectivity index (χ0v) is 19.5. The highest BCUT2D eigenvalue weighted by molar-refractivity contribution is 7.07. The molecule has 2 aromatic carbocycles. The number of phenolic OH excluding ortho intramolecular Hbond substituents is 2. The number of thiophene rings is 1. The Bertz CT molecular complexity index is 1300. The third-order valence-electron chi connectivity index (χ3n) is 4.86. The molecule has 0 bridgehead atoms. The second kappa shape index (κ2) is 9.66. The lowest BCUT2D eigenvalue weighted by Crippen LogP contribution is -2.30. The number of aromatic hydroxyl groups is 2. The number of hydrogen-bond donors (Lipinski definition) is 2. The molecule has 0 saturated carbocycles. The van der Waals surface area contributed by atoms with Crippen LogP contribution < -0.4 is 9.64 Å². The van der Waals surface area contributed by atoms with E-state index in [4.69, 9.17) is 27.9 Å². The topological polar surface area (TPSA) is 95.8 Å². The van der Waals surface area contributed by atoms with Crippen LogP contribution in [0.2, 0.25) is 10.3 Å². The van der Waals surface area contributed by atoms with E-state index in [1.54, 1.807) is 24.3 Å². The molecule has 0 radical (unpaired) electrons. The Balaban J connectivity index is 1.73. The van der Waals surface area contributed by atoms with Gasteiger partial charge in [-0.15, -0.1) is 0 Å². The van der Waals surface area contributed by atoms with E-state index in [2.05, 4.69) is 9.97 Å². The van der Waals surface area contributed by atoms with Crippen LogP contribution in [0.1, 0.15) is 15.9 Å². The first-order valence-corrected chi connectivity index (χ1v) is 11.3. The van der Waals surface area contributed by atoms with Crippen molar-refractivity contribution in [3.63, 3.8) is 0 Å². The number of nitrogens with zero attached hydrogens (tertiary/aromatic N) is 3. The zero-order chi connectivity index (χ0) is 23.5. The molecule has 0 unspecified atom stereocenters. The molecule has 2 N–H and O–H groups in total. The maximum Gasteiger partial charge on any atom is 0.262 e. The predicted molar refractivity (Wildman–Crippen MR) is 129 cm³/mol. The minimum Gasteiger partial charge on any atom is -0.507 e. The lowest BCUT2D eigenvalue weighted by molar-refractivity contribution is 0.0982. The lowest BCUT2D eigenvalue weighted by atomic mass is 10.1. The zero-order valence-electron chi connectivity index (χ0n) is 17.2.